The molecule has 2 heterocycles. The van der Waals surface area contributed by atoms with Crippen molar-refractivity contribution in [1.29, 1.82) is 0 Å². The van der Waals surface area contributed by atoms with E-state index < -0.39 is 12.1 Å². The molecule has 0 spiro atoms. The highest BCUT2D eigenvalue weighted by atomic mass is 19.4. The molecule has 0 aliphatic carbocycles. The summed E-state index contributed by atoms with van der Waals surface area (Å²) < 4.78 is 31.5. The van der Waals surface area contributed by atoms with Gasteiger partial charge in [0.15, 0.2) is 12.4 Å². The number of aromatic amines is 2. The van der Waals surface area contributed by atoms with E-state index in [1.54, 1.807) is 6.20 Å². The van der Waals surface area contributed by atoms with Crippen molar-refractivity contribution in [1.82, 2.24) is 10.2 Å². The van der Waals surface area contributed by atoms with Crippen molar-refractivity contribution < 1.29 is 28.1 Å². The first-order valence-corrected chi connectivity index (χ1v) is 3.98. The maximum atomic E-state index is 10.5. The summed E-state index contributed by atoms with van der Waals surface area (Å²) in [5.74, 6) is -3.01. The van der Waals surface area contributed by atoms with Gasteiger partial charge in [-0.2, -0.15) is 18.3 Å². The summed E-state index contributed by atoms with van der Waals surface area (Å²) in [5.41, 5.74) is 1.04. The van der Waals surface area contributed by atoms with Crippen LogP contribution in [-0.2, 0) is 4.79 Å². The van der Waals surface area contributed by atoms with E-state index in [1.165, 1.54) is 0 Å². The largest absolute Gasteiger partial charge is 0.542 e. The van der Waals surface area contributed by atoms with E-state index in [4.69, 9.17) is 9.90 Å². The number of H-pyrrole nitrogens is 2. The van der Waals surface area contributed by atoms with Crippen LogP contribution in [0.4, 0.5) is 13.2 Å². The highest BCUT2D eigenvalue weighted by Crippen LogP contribution is 2.11. The summed E-state index contributed by atoms with van der Waals surface area (Å²) in [6, 6.07) is 1.97. The van der Waals surface area contributed by atoms with Crippen molar-refractivity contribution in [3.8, 4) is 0 Å². The van der Waals surface area contributed by atoms with Crippen molar-refractivity contribution >= 4 is 16.9 Å². The average molecular weight is 233 g/mol. The Morgan fingerprint density at radius 3 is 2.62 bits per heavy atom. The molecule has 2 rings (SSSR count). The molecular weight excluding hydrogens is 227 g/mol. The Morgan fingerprint density at radius 2 is 2.12 bits per heavy atom. The molecule has 2 aromatic heterocycles. The zero-order chi connectivity index (χ0) is 12.2. The van der Waals surface area contributed by atoms with Crippen LogP contribution in [0.25, 0.3) is 10.9 Å². The zero-order valence-corrected chi connectivity index (χ0v) is 7.71. The Labute approximate surface area is 86.9 Å². The SMILES string of the molecule is O=C([O-])C(F)(F)F.c1cc2cn[nH]c2c[nH+]1. The molecule has 0 radical (unpaired) electrons. The van der Waals surface area contributed by atoms with Gasteiger partial charge in [-0.1, -0.05) is 0 Å². The molecule has 2 aromatic rings. The predicted molar refractivity (Wildman–Crippen MR) is 43.7 cm³/mol. The third-order valence-corrected chi connectivity index (χ3v) is 1.52. The summed E-state index contributed by atoms with van der Waals surface area (Å²) in [4.78, 5) is 11.7. The predicted octanol–water partition coefficient (Wildman–Crippen LogP) is -0.324. The Kier molecular flexibility index (Phi) is 3.44. The normalized spacial score (nSPS) is 10.7. The third-order valence-electron chi connectivity index (χ3n) is 1.52. The fraction of sp³-hybridized carbons (Fsp3) is 0.125. The topological polar surface area (TPSA) is 83.0 Å². The number of carboxylic acid groups (broad SMARTS) is 1. The Balaban J connectivity index is 0.000000168. The molecule has 0 amide bonds. The second-order valence-electron chi connectivity index (χ2n) is 2.67. The minimum absolute atomic E-state index is 1.04. The molecule has 0 aromatic carbocycles. The van der Waals surface area contributed by atoms with E-state index in [9.17, 15) is 13.2 Å². The first kappa shape index (κ1) is 12.0. The van der Waals surface area contributed by atoms with Gasteiger partial charge in [-0.3, -0.25) is 5.10 Å². The number of hydrogen-bond acceptors (Lipinski definition) is 3. The van der Waals surface area contributed by atoms with Gasteiger partial charge in [0.1, 0.15) is 11.5 Å². The highest BCUT2D eigenvalue weighted by molar-refractivity contribution is 5.75. The van der Waals surface area contributed by atoms with Crippen LogP contribution in [0.15, 0.2) is 24.7 Å². The lowest BCUT2D eigenvalue weighted by atomic mass is 10.3. The number of hydrogen-bond donors (Lipinski definition) is 1. The number of aromatic nitrogens is 3. The van der Waals surface area contributed by atoms with Crippen molar-refractivity contribution in [3.05, 3.63) is 24.7 Å². The molecule has 0 aliphatic heterocycles. The molecule has 0 fully saturated rings. The Hall–Kier alpha value is -2.12. The number of pyridine rings is 1. The minimum Gasteiger partial charge on any atom is -0.542 e. The fourth-order valence-corrected chi connectivity index (χ4v) is 0.823. The van der Waals surface area contributed by atoms with Gasteiger partial charge < -0.3 is 9.90 Å². The van der Waals surface area contributed by atoms with Gasteiger partial charge in [-0.15, -0.1) is 0 Å². The number of rotatable bonds is 0. The summed E-state index contributed by atoms with van der Waals surface area (Å²) in [6.07, 6.45) is 0.351. The standard InChI is InChI=1S/C6H5N3.C2HF3O2/c1-2-7-4-6-5(1)3-8-9-6;3-2(4,5)1(6)7/h1-4H,(H,8,9);(H,6,7). The van der Waals surface area contributed by atoms with E-state index in [0.29, 0.717) is 0 Å². The number of carbonyl (C=O) groups is 1. The maximum absolute atomic E-state index is 10.5. The molecule has 5 nitrogen and oxygen atoms in total. The quantitative estimate of drug-likeness (QED) is 0.676. The molecule has 0 atom stereocenters. The van der Waals surface area contributed by atoms with E-state index in [1.807, 2.05) is 18.5 Å². The van der Waals surface area contributed by atoms with Gasteiger partial charge in [0.25, 0.3) is 0 Å². The van der Waals surface area contributed by atoms with Gasteiger partial charge in [-0.25, -0.2) is 4.98 Å². The van der Waals surface area contributed by atoms with Crippen LogP contribution in [0, 0.1) is 0 Å². The number of halogens is 3. The summed E-state index contributed by atoms with van der Waals surface area (Å²) >= 11 is 0. The summed E-state index contributed by atoms with van der Waals surface area (Å²) in [6.45, 7) is 0. The molecule has 0 saturated carbocycles. The lowest BCUT2D eigenvalue weighted by molar-refractivity contribution is -0.376. The average Bonchev–Trinajstić information content (AvgIpc) is 2.64. The minimum atomic E-state index is -5.19. The zero-order valence-electron chi connectivity index (χ0n) is 7.71. The van der Waals surface area contributed by atoms with Gasteiger partial charge in [0.05, 0.1) is 6.20 Å². The molecule has 0 saturated heterocycles. The van der Waals surface area contributed by atoms with E-state index in [0.717, 1.165) is 10.9 Å². The van der Waals surface area contributed by atoms with Crippen LogP contribution in [0.2, 0.25) is 0 Å². The number of carboxylic acids is 1. The monoisotopic (exact) mass is 233 g/mol. The van der Waals surface area contributed by atoms with Crippen LogP contribution in [-0.4, -0.2) is 22.3 Å². The first-order chi connectivity index (χ1) is 7.41. The fourth-order valence-electron chi connectivity index (χ4n) is 0.823. The number of alkyl halides is 3. The van der Waals surface area contributed by atoms with Crippen molar-refractivity contribution in [3.63, 3.8) is 0 Å². The smallest absolute Gasteiger partial charge is 0.430 e. The number of aliphatic carboxylic acids is 1. The van der Waals surface area contributed by atoms with E-state index in [-0.39, 0.29) is 0 Å². The lowest BCUT2D eigenvalue weighted by Crippen LogP contribution is -2.37. The molecule has 2 N–H and O–H groups in total. The molecule has 0 unspecified atom stereocenters. The number of fused-ring (bicyclic) bond motifs is 1. The number of carbonyl (C=O) groups excluding carboxylic acids is 1. The van der Waals surface area contributed by atoms with Crippen LogP contribution >= 0.6 is 0 Å². The van der Waals surface area contributed by atoms with Crippen LogP contribution in [0.1, 0.15) is 0 Å². The molecule has 16 heavy (non-hydrogen) atoms. The van der Waals surface area contributed by atoms with Crippen molar-refractivity contribution in [2.24, 2.45) is 0 Å². The second kappa shape index (κ2) is 4.60. The van der Waals surface area contributed by atoms with Crippen molar-refractivity contribution in [2.75, 3.05) is 0 Å². The van der Waals surface area contributed by atoms with Gasteiger partial charge >= 0.3 is 6.18 Å². The van der Waals surface area contributed by atoms with Crippen LogP contribution in [0.5, 0.6) is 0 Å². The molecular formula is C8H6F3N3O2. The molecule has 8 heteroatoms. The van der Waals surface area contributed by atoms with E-state index >= 15 is 0 Å². The van der Waals surface area contributed by atoms with E-state index in [2.05, 4.69) is 15.2 Å². The van der Waals surface area contributed by atoms with Gasteiger partial charge in [0, 0.05) is 11.5 Å². The number of nitrogens with one attached hydrogen (secondary N) is 2. The third kappa shape index (κ3) is 3.23. The van der Waals surface area contributed by atoms with Gasteiger partial charge in [-0.05, 0) is 0 Å². The summed E-state index contributed by atoms with van der Waals surface area (Å²) in [5, 5.41) is 16.6. The van der Waals surface area contributed by atoms with Crippen LogP contribution in [0.3, 0.4) is 0 Å². The lowest BCUT2D eigenvalue weighted by Gasteiger charge is -2.03. The Bertz CT molecular complexity index is 450. The first-order valence-electron chi connectivity index (χ1n) is 3.98. The highest BCUT2D eigenvalue weighted by Gasteiger charge is 2.28. The van der Waals surface area contributed by atoms with Crippen LogP contribution < -0.4 is 10.1 Å². The maximum Gasteiger partial charge on any atom is 0.430 e. The Morgan fingerprint density at radius 1 is 1.50 bits per heavy atom. The second-order valence-corrected chi connectivity index (χ2v) is 2.67. The summed E-state index contributed by atoms with van der Waals surface area (Å²) in [7, 11) is 0. The molecule has 0 aliphatic rings. The molecule has 0 bridgehead atoms. The number of nitrogens with zero attached hydrogens (tertiary/aromatic N) is 1. The van der Waals surface area contributed by atoms with Gasteiger partial charge in [0.2, 0.25) is 0 Å². The van der Waals surface area contributed by atoms with Crippen molar-refractivity contribution in [2.45, 2.75) is 6.18 Å². The molecule has 86 valence electrons.